The molecule has 8 atom stereocenters. The highest BCUT2D eigenvalue weighted by Gasteiger charge is 2.60. The zero-order valence-electron chi connectivity index (χ0n) is 18.2. The summed E-state index contributed by atoms with van der Waals surface area (Å²) in [5.74, 6) is 1.95. The highest BCUT2D eigenvalue weighted by molar-refractivity contribution is 5.94. The summed E-state index contributed by atoms with van der Waals surface area (Å²) in [6, 6.07) is 0. The number of hydrogen-bond donors (Lipinski definition) is 0. The van der Waals surface area contributed by atoms with Gasteiger partial charge in [-0.05, 0) is 104 Å². The molecule has 0 heterocycles. The minimum atomic E-state index is -4.76. The second kappa shape index (κ2) is 8.28. The molecule has 0 N–H and O–H groups in total. The lowest BCUT2D eigenvalue weighted by atomic mass is 9.44. The summed E-state index contributed by atoms with van der Waals surface area (Å²) in [6.45, 7) is 7.01. The Bertz CT molecular complexity index is 668. The van der Waals surface area contributed by atoms with Crippen LogP contribution in [0, 0.1) is 46.3 Å². The lowest BCUT2D eigenvalue weighted by Gasteiger charge is -2.60. The molecule has 0 amide bonds. The summed E-state index contributed by atoms with van der Waals surface area (Å²) >= 11 is 0. The average Bonchev–Trinajstić information content (AvgIpc) is 3.01. The van der Waals surface area contributed by atoms with Gasteiger partial charge in [-0.2, -0.15) is 13.2 Å². The van der Waals surface area contributed by atoms with Crippen molar-refractivity contribution in [1.82, 2.24) is 0 Å². The molecule has 0 saturated heterocycles. The molecule has 7 unspecified atom stereocenters. The first-order chi connectivity index (χ1) is 13.6. The third-order valence-electron chi connectivity index (χ3n) is 10.1. The van der Waals surface area contributed by atoms with Crippen molar-refractivity contribution in [3.8, 4) is 0 Å². The molecule has 4 aliphatic rings. The minimum Gasteiger partial charge on any atom is -0.285 e. The van der Waals surface area contributed by atoms with E-state index in [0.29, 0.717) is 17.3 Å². The Morgan fingerprint density at radius 1 is 0.933 bits per heavy atom. The van der Waals surface area contributed by atoms with E-state index >= 15 is 0 Å². The Morgan fingerprint density at radius 3 is 2.33 bits per heavy atom. The quantitative estimate of drug-likeness (QED) is 0.418. The Morgan fingerprint density at radius 2 is 1.63 bits per heavy atom. The van der Waals surface area contributed by atoms with Crippen molar-refractivity contribution in [2.24, 2.45) is 46.3 Å². The maximum atomic E-state index is 12.6. The van der Waals surface area contributed by atoms with Crippen LogP contribution in [-0.4, -0.2) is 12.0 Å². The fraction of sp³-hybridized carbons (Fsp3) is 0.885. The van der Waals surface area contributed by atoms with Gasteiger partial charge in [-0.25, -0.2) is 0 Å². The number of fused-ring (bicyclic) bond motifs is 5. The largest absolute Gasteiger partial charge is 0.454 e. The summed E-state index contributed by atoms with van der Waals surface area (Å²) in [6.07, 6.45) is 10.7. The van der Waals surface area contributed by atoms with Crippen LogP contribution in [0.2, 0.25) is 0 Å². The number of carbonyl (C=O) groups excluding carboxylic acids is 1. The Hall–Kier alpha value is -0.800. The zero-order valence-corrected chi connectivity index (χ0v) is 18.2. The molecule has 0 aromatic carbocycles. The third-order valence-corrected chi connectivity index (χ3v) is 10.1. The van der Waals surface area contributed by atoms with E-state index in [9.17, 15) is 18.0 Å². The van der Waals surface area contributed by atoms with E-state index in [2.05, 4.69) is 13.8 Å². The van der Waals surface area contributed by atoms with E-state index in [0.717, 1.165) is 30.3 Å². The number of ketones is 1. The molecule has 0 bridgehead atoms. The summed E-state index contributed by atoms with van der Waals surface area (Å²) < 4.78 is 37.7. The van der Waals surface area contributed by atoms with Crippen LogP contribution in [0.1, 0.15) is 92.4 Å². The highest BCUT2D eigenvalue weighted by Crippen LogP contribution is 2.68. The van der Waals surface area contributed by atoms with Crippen LogP contribution in [0.4, 0.5) is 13.2 Å². The van der Waals surface area contributed by atoms with Crippen LogP contribution in [0.15, 0.2) is 12.2 Å². The lowest BCUT2D eigenvalue weighted by molar-refractivity contribution is -0.165. The topological polar surface area (TPSA) is 17.1 Å². The highest BCUT2D eigenvalue weighted by atomic mass is 19.4. The van der Waals surface area contributed by atoms with Gasteiger partial charge in [-0.1, -0.05) is 47.1 Å². The van der Waals surface area contributed by atoms with Crippen molar-refractivity contribution in [1.29, 1.82) is 0 Å². The molecule has 30 heavy (non-hydrogen) atoms. The van der Waals surface area contributed by atoms with Gasteiger partial charge in [-0.15, -0.1) is 0 Å². The zero-order chi connectivity index (χ0) is 21.0. The molecule has 4 heteroatoms. The van der Waals surface area contributed by atoms with Gasteiger partial charge < -0.3 is 0 Å². The Kier molecular flexibility index (Phi) is 6.58. The van der Waals surface area contributed by atoms with Crippen LogP contribution >= 0.6 is 0 Å². The van der Waals surface area contributed by atoms with Gasteiger partial charge in [0.2, 0.25) is 0 Å². The molecule has 0 aromatic rings. The third kappa shape index (κ3) is 3.79. The number of carbonyl (C=O) groups is 1. The molecular weight excluding hydrogens is 385 g/mol. The van der Waals surface area contributed by atoms with Crippen molar-refractivity contribution in [3.05, 3.63) is 12.2 Å². The summed E-state index contributed by atoms with van der Waals surface area (Å²) in [7, 11) is 0. The molecule has 0 aliphatic heterocycles. The van der Waals surface area contributed by atoms with Crippen LogP contribution < -0.4 is 0 Å². The second-order valence-corrected chi connectivity index (χ2v) is 11.2. The van der Waals surface area contributed by atoms with Crippen molar-refractivity contribution >= 4 is 5.78 Å². The SMILES string of the molecule is C.C[C@H](/C=C/C(=O)C(F)(F)F)C1CCC2C3CCC4CCCCC4(C)C3CCC21C. The molecule has 4 rings (SSSR count). The Labute approximate surface area is 181 Å². The van der Waals surface area contributed by atoms with E-state index in [-0.39, 0.29) is 18.8 Å². The second-order valence-electron chi connectivity index (χ2n) is 11.2. The van der Waals surface area contributed by atoms with Crippen LogP contribution in [0.5, 0.6) is 0 Å². The predicted octanol–water partition coefficient (Wildman–Crippen LogP) is 8.00. The number of rotatable bonds is 3. The van der Waals surface area contributed by atoms with Gasteiger partial charge in [0.05, 0.1) is 0 Å². The molecule has 0 spiro atoms. The first kappa shape index (κ1) is 23.9. The molecule has 172 valence electrons. The molecule has 4 saturated carbocycles. The number of hydrogen-bond acceptors (Lipinski definition) is 1. The van der Waals surface area contributed by atoms with Gasteiger partial charge in [0.25, 0.3) is 5.78 Å². The summed E-state index contributed by atoms with van der Waals surface area (Å²) in [4.78, 5) is 11.3. The van der Waals surface area contributed by atoms with Crippen LogP contribution in [-0.2, 0) is 4.79 Å². The molecule has 0 radical (unpaired) electrons. The van der Waals surface area contributed by atoms with Gasteiger partial charge in [0, 0.05) is 0 Å². The summed E-state index contributed by atoms with van der Waals surface area (Å²) in [5, 5.41) is 0. The van der Waals surface area contributed by atoms with Crippen molar-refractivity contribution in [2.75, 3.05) is 0 Å². The fourth-order valence-electron chi connectivity index (χ4n) is 8.67. The standard InChI is InChI=1S/C25H37F3O.CH4/c1-16(7-12-22(29)25(26,27)28)19-10-11-20-18-9-8-17-6-4-5-14-23(17,2)21(18)13-15-24(19,20)3;/h7,12,16-21H,4-6,8-11,13-15H2,1-3H3;1H4/b12-7+;/t16-,17?,18?,19?,20?,21?,23?,24?;/m1./s1. The number of alkyl halides is 3. The predicted molar refractivity (Wildman–Crippen MR) is 116 cm³/mol. The van der Waals surface area contributed by atoms with E-state index in [1.165, 1.54) is 57.8 Å². The molecule has 1 nitrogen and oxygen atoms in total. The van der Waals surface area contributed by atoms with Crippen molar-refractivity contribution in [2.45, 2.75) is 98.6 Å². The smallest absolute Gasteiger partial charge is 0.285 e. The molecule has 0 aromatic heterocycles. The van der Waals surface area contributed by atoms with Crippen molar-refractivity contribution < 1.29 is 18.0 Å². The van der Waals surface area contributed by atoms with Crippen LogP contribution in [0.3, 0.4) is 0 Å². The van der Waals surface area contributed by atoms with Crippen molar-refractivity contribution in [3.63, 3.8) is 0 Å². The van der Waals surface area contributed by atoms with Gasteiger partial charge >= 0.3 is 6.18 Å². The van der Waals surface area contributed by atoms with Gasteiger partial charge in [0.15, 0.2) is 0 Å². The van der Waals surface area contributed by atoms with Gasteiger partial charge in [0.1, 0.15) is 0 Å². The first-order valence-electron chi connectivity index (χ1n) is 11.9. The van der Waals surface area contributed by atoms with E-state index in [1.807, 2.05) is 6.92 Å². The van der Waals surface area contributed by atoms with E-state index in [4.69, 9.17) is 0 Å². The van der Waals surface area contributed by atoms with E-state index in [1.54, 1.807) is 6.08 Å². The normalized spacial score (nSPS) is 44.5. The first-order valence-corrected chi connectivity index (χ1v) is 11.9. The molecular formula is C26H41F3O. The van der Waals surface area contributed by atoms with Gasteiger partial charge in [-0.3, -0.25) is 4.79 Å². The average molecular weight is 427 g/mol. The maximum absolute atomic E-state index is 12.6. The minimum absolute atomic E-state index is 0. The number of allylic oxidation sites excluding steroid dienone is 2. The van der Waals surface area contributed by atoms with E-state index < -0.39 is 12.0 Å². The van der Waals surface area contributed by atoms with Crippen LogP contribution in [0.25, 0.3) is 0 Å². The lowest BCUT2D eigenvalue weighted by Crippen LogP contribution is -2.53. The summed E-state index contributed by atoms with van der Waals surface area (Å²) in [5.41, 5.74) is 0.731. The molecule has 4 fully saturated rings. The fourth-order valence-corrected chi connectivity index (χ4v) is 8.67. The maximum Gasteiger partial charge on any atom is 0.454 e. The Balaban J connectivity index is 0.00000256. The molecule has 4 aliphatic carbocycles. The number of halogens is 3. The monoisotopic (exact) mass is 426 g/mol.